The summed E-state index contributed by atoms with van der Waals surface area (Å²) >= 11 is 0. The van der Waals surface area contributed by atoms with Crippen molar-refractivity contribution in [3.8, 4) is 0 Å². The van der Waals surface area contributed by atoms with E-state index in [0.717, 1.165) is 18.9 Å². The normalized spacial score (nSPS) is 11.0. The highest BCUT2D eigenvalue weighted by molar-refractivity contribution is 6.01. The highest BCUT2D eigenvalue weighted by Crippen LogP contribution is 2.31. The zero-order valence-corrected chi connectivity index (χ0v) is 12.3. The fourth-order valence-corrected chi connectivity index (χ4v) is 2.41. The lowest BCUT2D eigenvalue weighted by atomic mass is 10.1. The van der Waals surface area contributed by atoms with Crippen molar-refractivity contribution >= 4 is 22.3 Å². The average Bonchev–Trinajstić information content (AvgIpc) is 2.40. The highest BCUT2D eigenvalue weighted by atomic mass is 15.2. The summed E-state index contributed by atoms with van der Waals surface area (Å²) in [4.78, 5) is 6.90. The van der Waals surface area contributed by atoms with Crippen molar-refractivity contribution in [1.82, 2.24) is 4.98 Å². The molecule has 2 aromatic rings. The topological polar surface area (TPSA) is 28.2 Å². The van der Waals surface area contributed by atoms with Crippen molar-refractivity contribution in [1.29, 1.82) is 0 Å². The van der Waals surface area contributed by atoms with Gasteiger partial charge in [-0.2, -0.15) is 0 Å². The number of hydrogen-bond acceptors (Lipinski definition) is 3. The van der Waals surface area contributed by atoms with Crippen molar-refractivity contribution in [2.75, 3.05) is 23.3 Å². The van der Waals surface area contributed by atoms with Gasteiger partial charge in [0.05, 0.1) is 0 Å². The quantitative estimate of drug-likeness (QED) is 0.880. The van der Waals surface area contributed by atoms with E-state index in [-0.39, 0.29) is 0 Å². The SMILES string of the molecule is CCN(CC)c1nccc2cccc(NC(C)C)c12. The lowest BCUT2D eigenvalue weighted by molar-refractivity contribution is 0.851. The molecule has 0 spiro atoms. The van der Waals surface area contributed by atoms with Crippen LogP contribution in [0.4, 0.5) is 11.5 Å². The lowest BCUT2D eigenvalue weighted by Gasteiger charge is -2.23. The molecule has 19 heavy (non-hydrogen) atoms. The van der Waals surface area contributed by atoms with E-state index in [1.807, 2.05) is 6.20 Å². The van der Waals surface area contributed by atoms with E-state index in [1.165, 1.54) is 16.5 Å². The first-order valence-corrected chi connectivity index (χ1v) is 7.06. The Morgan fingerprint density at radius 3 is 2.53 bits per heavy atom. The molecule has 0 atom stereocenters. The molecule has 1 aromatic carbocycles. The number of rotatable bonds is 5. The summed E-state index contributed by atoms with van der Waals surface area (Å²) in [5.41, 5.74) is 1.17. The maximum Gasteiger partial charge on any atom is 0.138 e. The fraction of sp³-hybridized carbons (Fsp3) is 0.438. The summed E-state index contributed by atoms with van der Waals surface area (Å²) in [5, 5.41) is 5.99. The minimum absolute atomic E-state index is 0.412. The number of hydrogen-bond donors (Lipinski definition) is 1. The number of nitrogens with one attached hydrogen (secondary N) is 1. The Morgan fingerprint density at radius 1 is 1.16 bits per heavy atom. The van der Waals surface area contributed by atoms with Gasteiger partial charge in [-0.25, -0.2) is 4.98 Å². The second-order valence-electron chi connectivity index (χ2n) is 5.01. The smallest absolute Gasteiger partial charge is 0.138 e. The average molecular weight is 257 g/mol. The Balaban J connectivity index is 2.63. The van der Waals surface area contributed by atoms with Gasteiger partial charge < -0.3 is 10.2 Å². The number of nitrogens with zero attached hydrogens (tertiary/aromatic N) is 2. The third-order valence-electron chi connectivity index (χ3n) is 3.28. The van der Waals surface area contributed by atoms with Gasteiger partial charge in [-0.1, -0.05) is 12.1 Å². The Kier molecular flexibility index (Phi) is 4.25. The van der Waals surface area contributed by atoms with Crippen LogP contribution in [0.15, 0.2) is 30.5 Å². The van der Waals surface area contributed by atoms with E-state index < -0.39 is 0 Å². The van der Waals surface area contributed by atoms with Gasteiger partial charge in [-0.15, -0.1) is 0 Å². The first-order chi connectivity index (χ1) is 9.17. The van der Waals surface area contributed by atoms with Crippen LogP contribution in [-0.4, -0.2) is 24.1 Å². The summed E-state index contributed by atoms with van der Waals surface area (Å²) in [5.74, 6) is 1.08. The summed E-state index contributed by atoms with van der Waals surface area (Å²) in [7, 11) is 0. The zero-order valence-electron chi connectivity index (χ0n) is 12.3. The van der Waals surface area contributed by atoms with E-state index in [9.17, 15) is 0 Å². The standard InChI is InChI=1S/C16H23N3/c1-5-19(6-2)16-15-13(10-11-17-16)8-7-9-14(15)18-12(3)4/h7-12,18H,5-6H2,1-4H3. The molecule has 1 aromatic heterocycles. The third kappa shape index (κ3) is 2.80. The van der Waals surface area contributed by atoms with Gasteiger partial charge >= 0.3 is 0 Å². The van der Waals surface area contributed by atoms with Gasteiger partial charge in [0.1, 0.15) is 5.82 Å². The van der Waals surface area contributed by atoms with Crippen LogP contribution in [0.2, 0.25) is 0 Å². The first kappa shape index (κ1) is 13.7. The Labute approximate surface area is 115 Å². The van der Waals surface area contributed by atoms with Crippen LogP contribution >= 0.6 is 0 Å². The summed E-state index contributed by atoms with van der Waals surface area (Å²) in [6, 6.07) is 8.87. The molecule has 0 radical (unpaired) electrons. The van der Waals surface area contributed by atoms with Crippen LogP contribution < -0.4 is 10.2 Å². The second kappa shape index (κ2) is 5.91. The number of fused-ring (bicyclic) bond motifs is 1. The van der Waals surface area contributed by atoms with Gasteiger partial charge in [0.2, 0.25) is 0 Å². The molecular formula is C16H23N3. The molecule has 1 heterocycles. The number of benzene rings is 1. The van der Waals surface area contributed by atoms with Crippen molar-refractivity contribution in [3.05, 3.63) is 30.5 Å². The van der Waals surface area contributed by atoms with E-state index >= 15 is 0 Å². The molecular weight excluding hydrogens is 234 g/mol. The van der Waals surface area contributed by atoms with Crippen LogP contribution in [0, 0.1) is 0 Å². The molecule has 102 valence electrons. The molecule has 1 N–H and O–H groups in total. The minimum atomic E-state index is 0.412. The highest BCUT2D eigenvalue weighted by Gasteiger charge is 2.12. The maximum absolute atomic E-state index is 4.60. The molecule has 0 saturated heterocycles. The molecule has 0 bridgehead atoms. The van der Waals surface area contributed by atoms with Crippen LogP contribution in [0.3, 0.4) is 0 Å². The molecule has 2 rings (SSSR count). The monoisotopic (exact) mass is 257 g/mol. The van der Waals surface area contributed by atoms with Crippen molar-refractivity contribution in [3.63, 3.8) is 0 Å². The largest absolute Gasteiger partial charge is 0.382 e. The number of aromatic nitrogens is 1. The fourth-order valence-electron chi connectivity index (χ4n) is 2.41. The molecule has 0 aliphatic rings. The first-order valence-electron chi connectivity index (χ1n) is 7.06. The summed E-state index contributed by atoms with van der Waals surface area (Å²) in [6.45, 7) is 10.6. The predicted octanol–water partition coefficient (Wildman–Crippen LogP) is 3.90. The molecule has 0 saturated carbocycles. The number of anilines is 2. The van der Waals surface area contributed by atoms with E-state index in [0.29, 0.717) is 6.04 Å². The Morgan fingerprint density at radius 2 is 1.89 bits per heavy atom. The van der Waals surface area contributed by atoms with Crippen molar-refractivity contribution in [2.24, 2.45) is 0 Å². The van der Waals surface area contributed by atoms with E-state index in [4.69, 9.17) is 0 Å². The zero-order chi connectivity index (χ0) is 13.8. The number of pyridine rings is 1. The van der Waals surface area contributed by atoms with Crippen molar-refractivity contribution in [2.45, 2.75) is 33.7 Å². The minimum Gasteiger partial charge on any atom is -0.382 e. The Hall–Kier alpha value is -1.77. The summed E-state index contributed by atoms with van der Waals surface area (Å²) < 4.78 is 0. The molecule has 0 unspecified atom stereocenters. The summed E-state index contributed by atoms with van der Waals surface area (Å²) in [6.07, 6.45) is 1.90. The van der Waals surface area contributed by atoms with Crippen LogP contribution in [0.5, 0.6) is 0 Å². The van der Waals surface area contributed by atoms with E-state index in [1.54, 1.807) is 0 Å². The predicted molar refractivity (Wildman–Crippen MR) is 84.1 cm³/mol. The van der Waals surface area contributed by atoms with Gasteiger partial charge in [-0.05, 0) is 45.2 Å². The molecule has 0 fully saturated rings. The van der Waals surface area contributed by atoms with Crippen LogP contribution in [0.25, 0.3) is 10.8 Å². The van der Waals surface area contributed by atoms with Gasteiger partial charge in [0.15, 0.2) is 0 Å². The maximum atomic E-state index is 4.60. The third-order valence-corrected chi connectivity index (χ3v) is 3.28. The van der Waals surface area contributed by atoms with E-state index in [2.05, 4.69) is 67.2 Å². The lowest BCUT2D eigenvalue weighted by Crippen LogP contribution is -2.23. The van der Waals surface area contributed by atoms with Gasteiger partial charge in [-0.3, -0.25) is 0 Å². The molecule has 0 aliphatic carbocycles. The van der Waals surface area contributed by atoms with Crippen molar-refractivity contribution < 1.29 is 0 Å². The molecule has 0 aliphatic heterocycles. The Bertz CT molecular complexity index is 539. The van der Waals surface area contributed by atoms with Crippen LogP contribution in [-0.2, 0) is 0 Å². The van der Waals surface area contributed by atoms with Crippen LogP contribution in [0.1, 0.15) is 27.7 Å². The molecule has 0 amide bonds. The van der Waals surface area contributed by atoms with Gasteiger partial charge in [0, 0.05) is 36.4 Å². The van der Waals surface area contributed by atoms with Gasteiger partial charge in [0.25, 0.3) is 0 Å². The second-order valence-corrected chi connectivity index (χ2v) is 5.01. The molecule has 3 heteroatoms. The molecule has 3 nitrogen and oxygen atoms in total.